The van der Waals surface area contributed by atoms with E-state index in [0.717, 1.165) is 18.4 Å². The summed E-state index contributed by atoms with van der Waals surface area (Å²) in [6, 6.07) is 9.12. The summed E-state index contributed by atoms with van der Waals surface area (Å²) < 4.78 is 24.1. The molecule has 0 radical (unpaired) electrons. The van der Waals surface area contributed by atoms with Gasteiger partial charge in [0.05, 0.1) is 17.0 Å². The molecule has 1 amide bonds. The van der Waals surface area contributed by atoms with Crippen LogP contribution in [0.15, 0.2) is 30.3 Å². The number of amides is 1. The van der Waals surface area contributed by atoms with Crippen LogP contribution in [0.2, 0.25) is 0 Å². The van der Waals surface area contributed by atoms with Crippen LogP contribution in [0.4, 0.5) is 0 Å². The highest BCUT2D eigenvalue weighted by molar-refractivity contribution is 7.90. The molecule has 1 aliphatic carbocycles. The summed E-state index contributed by atoms with van der Waals surface area (Å²) in [6.45, 7) is 0.353. The van der Waals surface area contributed by atoms with E-state index >= 15 is 0 Å². The van der Waals surface area contributed by atoms with Crippen molar-refractivity contribution < 1.29 is 13.2 Å². The SMILES string of the molecule is Cl.NC1(C(=O)NCCCS(=O)(=O)Cc2ccccc2)CCCC1. The Kier molecular flexibility index (Phi) is 7.51. The first-order valence-electron chi connectivity index (χ1n) is 7.73. The number of hydrogen-bond acceptors (Lipinski definition) is 4. The topological polar surface area (TPSA) is 89.3 Å². The minimum Gasteiger partial charge on any atom is -0.354 e. The normalized spacial score (nSPS) is 16.6. The second kappa shape index (κ2) is 8.66. The average molecular weight is 361 g/mol. The lowest BCUT2D eigenvalue weighted by Crippen LogP contribution is -2.52. The molecule has 1 aromatic carbocycles. The molecule has 23 heavy (non-hydrogen) atoms. The van der Waals surface area contributed by atoms with E-state index in [-0.39, 0.29) is 29.8 Å². The van der Waals surface area contributed by atoms with E-state index in [1.54, 1.807) is 12.1 Å². The van der Waals surface area contributed by atoms with Gasteiger partial charge in [-0.3, -0.25) is 4.79 Å². The average Bonchev–Trinajstić information content (AvgIpc) is 2.92. The highest BCUT2D eigenvalue weighted by Crippen LogP contribution is 2.27. The third kappa shape index (κ3) is 6.12. The fraction of sp³-hybridized carbons (Fsp3) is 0.562. The van der Waals surface area contributed by atoms with E-state index in [1.807, 2.05) is 18.2 Å². The molecule has 1 saturated carbocycles. The second-order valence-electron chi connectivity index (χ2n) is 6.05. The maximum Gasteiger partial charge on any atom is 0.240 e. The van der Waals surface area contributed by atoms with Gasteiger partial charge < -0.3 is 11.1 Å². The Hall–Kier alpha value is -1.11. The van der Waals surface area contributed by atoms with Crippen LogP contribution in [0.1, 0.15) is 37.7 Å². The molecule has 7 heteroatoms. The van der Waals surface area contributed by atoms with Gasteiger partial charge in [-0.2, -0.15) is 0 Å². The maximum atomic E-state index is 12.0. The van der Waals surface area contributed by atoms with Crippen molar-refractivity contribution in [3.63, 3.8) is 0 Å². The van der Waals surface area contributed by atoms with Gasteiger partial charge in [0.25, 0.3) is 0 Å². The van der Waals surface area contributed by atoms with Crippen molar-refractivity contribution in [1.29, 1.82) is 0 Å². The Labute approximate surface area is 144 Å². The molecule has 0 aliphatic heterocycles. The van der Waals surface area contributed by atoms with Gasteiger partial charge >= 0.3 is 0 Å². The summed E-state index contributed by atoms with van der Waals surface area (Å²) in [7, 11) is -3.15. The predicted octanol–water partition coefficient (Wildman–Crippen LogP) is 1.80. The van der Waals surface area contributed by atoms with Crippen LogP contribution in [0.25, 0.3) is 0 Å². The van der Waals surface area contributed by atoms with Crippen LogP contribution < -0.4 is 11.1 Å². The minimum atomic E-state index is -3.15. The van der Waals surface area contributed by atoms with Crippen molar-refractivity contribution in [3.8, 4) is 0 Å². The van der Waals surface area contributed by atoms with Gasteiger partial charge in [-0.05, 0) is 24.8 Å². The number of nitrogens with one attached hydrogen (secondary N) is 1. The molecule has 130 valence electrons. The van der Waals surface area contributed by atoms with Gasteiger partial charge in [0.2, 0.25) is 5.91 Å². The van der Waals surface area contributed by atoms with E-state index < -0.39 is 15.4 Å². The Morgan fingerprint density at radius 2 is 1.78 bits per heavy atom. The Bertz CT molecular complexity index is 599. The second-order valence-corrected chi connectivity index (χ2v) is 8.23. The fourth-order valence-electron chi connectivity index (χ4n) is 2.80. The summed E-state index contributed by atoms with van der Waals surface area (Å²) in [5.74, 6) is -0.0343. The zero-order valence-corrected chi connectivity index (χ0v) is 14.8. The van der Waals surface area contributed by atoms with Gasteiger partial charge in [-0.25, -0.2) is 8.42 Å². The van der Waals surface area contributed by atoms with Crippen molar-refractivity contribution in [2.45, 2.75) is 43.4 Å². The zero-order valence-electron chi connectivity index (χ0n) is 13.2. The summed E-state index contributed by atoms with van der Waals surface area (Å²) in [5, 5.41) is 2.77. The van der Waals surface area contributed by atoms with Crippen molar-refractivity contribution in [2.24, 2.45) is 5.73 Å². The summed E-state index contributed by atoms with van der Waals surface area (Å²) >= 11 is 0. The van der Waals surface area contributed by atoms with Crippen molar-refractivity contribution in [3.05, 3.63) is 35.9 Å². The molecule has 0 unspecified atom stereocenters. The first-order chi connectivity index (χ1) is 10.4. The first kappa shape index (κ1) is 19.9. The number of rotatable bonds is 7. The van der Waals surface area contributed by atoms with Crippen molar-refractivity contribution >= 4 is 28.2 Å². The molecular formula is C16H25ClN2O3S. The summed E-state index contributed by atoms with van der Waals surface area (Å²) in [6.07, 6.45) is 3.80. The number of sulfone groups is 1. The van der Waals surface area contributed by atoms with Crippen LogP contribution in [0.3, 0.4) is 0 Å². The Morgan fingerprint density at radius 3 is 2.39 bits per heavy atom. The standard InChI is InChI=1S/C16H24N2O3S.ClH/c17-16(9-4-5-10-16)15(19)18-11-6-12-22(20,21)13-14-7-2-1-3-8-14;/h1-3,7-8H,4-6,9-13,17H2,(H,18,19);1H. The third-order valence-corrected chi connectivity index (χ3v) is 5.78. The number of carbonyl (C=O) groups excluding carboxylic acids is 1. The van der Waals surface area contributed by atoms with E-state index in [1.165, 1.54) is 0 Å². The van der Waals surface area contributed by atoms with Gasteiger partial charge in [-0.1, -0.05) is 43.2 Å². The molecule has 0 saturated heterocycles. The van der Waals surface area contributed by atoms with E-state index in [9.17, 15) is 13.2 Å². The van der Waals surface area contributed by atoms with E-state index in [2.05, 4.69) is 5.32 Å². The van der Waals surface area contributed by atoms with Crippen molar-refractivity contribution in [2.75, 3.05) is 12.3 Å². The lowest BCUT2D eigenvalue weighted by molar-refractivity contribution is -0.126. The third-order valence-electron chi connectivity index (χ3n) is 4.10. The molecule has 0 heterocycles. The molecule has 0 aromatic heterocycles. The maximum absolute atomic E-state index is 12.0. The van der Waals surface area contributed by atoms with E-state index in [0.29, 0.717) is 25.8 Å². The van der Waals surface area contributed by atoms with Gasteiger partial charge in [-0.15, -0.1) is 12.4 Å². The van der Waals surface area contributed by atoms with Gasteiger partial charge in [0.1, 0.15) is 0 Å². The van der Waals surface area contributed by atoms with Crippen LogP contribution in [0.5, 0.6) is 0 Å². The van der Waals surface area contributed by atoms with Crippen LogP contribution in [-0.2, 0) is 20.4 Å². The van der Waals surface area contributed by atoms with E-state index in [4.69, 9.17) is 5.73 Å². The fourth-order valence-corrected chi connectivity index (χ4v) is 4.23. The molecule has 0 bridgehead atoms. The largest absolute Gasteiger partial charge is 0.354 e. The number of nitrogens with two attached hydrogens (primary N) is 1. The van der Waals surface area contributed by atoms with Gasteiger partial charge in [0.15, 0.2) is 9.84 Å². The monoisotopic (exact) mass is 360 g/mol. The zero-order chi connectivity index (χ0) is 16.1. The summed E-state index contributed by atoms with van der Waals surface area (Å²) in [4.78, 5) is 12.0. The molecule has 5 nitrogen and oxygen atoms in total. The highest BCUT2D eigenvalue weighted by atomic mass is 35.5. The summed E-state index contributed by atoms with van der Waals surface area (Å²) in [5.41, 5.74) is 6.09. The molecular weight excluding hydrogens is 336 g/mol. The number of carbonyl (C=O) groups is 1. The lowest BCUT2D eigenvalue weighted by Gasteiger charge is -2.22. The molecule has 1 fully saturated rings. The minimum absolute atomic E-state index is 0. The van der Waals surface area contributed by atoms with Crippen LogP contribution in [-0.4, -0.2) is 32.2 Å². The Morgan fingerprint density at radius 1 is 1.17 bits per heavy atom. The van der Waals surface area contributed by atoms with Gasteiger partial charge in [0, 0.05) is 6.54 Å². The molecule has 0 spiro atoms. The lowest BCUT2D eigenvalue weighted by atomic mass is 9.98. The molecule has 0 atom stereocenters. The molecule has 2 rings (SSSR count). The number of halogens is 1. The smallest absolute Gasteiger partial charge is 0.240 e. The molecule has 3 N–H and O–H groups in total. The van der Waals surface area contributed by atoms with Crippen LogP contribution in [0, 0.1) is 0 Å². The van der Waals surface area contributed by atoms with Crippen LogP contribution >= 0.6 is 12.4 Å². The number of benzene rings is 1. The quantitative estimate of drug-likeness (QED) is 0.725. The number of hydrogen-bond donors (Lipinski definition) is 2. The molecule has 1 aliphatic rings. The predicted molar refractivity (Wildman–Crippen MR) is 94.2 cm³/mol. The van der Waals surface area contributed by atoms with Crippen molar-refractivity contribution in [1.82, 2.24) is 5.32 Å². The molecule has 1 aromatic rings. The highest BCUT2D eigenvalue weighted by Gasteiger charge is 2.36. The first-order valence-corrected chi connectivity index (χ1v) is 9.55. The Balaban J connectivity index is 0.00000264.